The minimum atomic E-state index is -0.0421. The summed E-state index contributed by atoms with van der Waals surface area (Å²) in [4.78, 5) is 14.5. The number of carbonyl (C=O) groups is 1. The summed E-state index contributed by atoms with van der Waals surface area (Å²) < 4.78 is 0. The number of aliphatic hydroxyl groups excluding tert-OH is 1. The smallest absolute Gasteiger partial charge is 0.251 e. The number of anilines is 2. The van der Waals surface area contributed by atoms with Crippen LogP contribution in [0.1, 0.15) is 33.1 Å². The molecule has 120 valence electrons. The Labute approximate surface area is 132 Å². The van der Waals surface area contributed by atoms with Crippen molar-refractivity contribution in [3.05, 3.63) is 35.9 Å². The standard InChI is InChI=1S/C18H26N2O2/c1-3-6-14(2)18(22)19-16-7-4-5-8-17(16)20-11-9-15(13-21)10-12-20/h4-8,15,21H,3,9-13H2,1-2H3,(H,19,22)/b14-6-. The Balaban J connectivity index is 2.10. The normalized spacial score (nSPS) is 16.7. The first-order valence-corrected chi connectivity index (χ1v) is 8.08. The van der Waals surface area contributed by atoms with E-state index in [0.29, 0.717) is 5.92 Å². The van der Waals surface area contributed by atoms with Crippen molar-refractivity contribution in [2.45, 2.75) is 33.1 Å². The summed E-state index contributed by atoms with van der Waals surface area (Å²) in [7, 11) is 0. The maximum atomic E-state index is 12.2. The van der Waals surface area contributed by atoms with Gasteiger partial charge in [-0.05, 0) is 44.2 Å². The summed E-state index contributed by atoms with van der Waals surface area (Å²) in [5.41, 5.74) is 2.67. The highest BCUT2D eigenvalue weighted by Gasteiger charge is 2.20. The Hall–Kier alpha value is -1.81. The zero-order valence-electron chi connectivity index (χ0n) is 13.5. The number of hydrogen-bond acceptors (Lipinski definition) is 3. The summed E-state index contributed by atoms with van der Waals surface area (Å²) in [6, 6.07) is 7.94. The fraction of sp³-hybridized carbons (Fsp3) is 0.500. The van der Waals surface area contributed by atoms with Gasteiger partial charge in [-0.3, -0.25) is 4.79 Å². The third kappa shape index (κ3) is 4.10. The van der Waals surface area contributed by atoms with Crippen molar-refractivity contribution >= 4 is 17.3 Å². The lowest BCUT2D eigenvalue weighted by Crippen LogP contribution is -2.35. The van der Waals surface area contributed by atoms with Crippen LogP contribution in [0.25, 0.3) is 0 Å². The van der Waals surface area contributed by atoms with E-state index in [1.54, 1.807) is 0 Å². The number of benzene rings is 1. The van der Waals surface area contributed by atoms with E-state index in [1.165, 1.54) is 0 Å². The summed E-state index contributed by atoms with van der Waals surface area (Å²) in [6.45, 7) is 5.97. The highest BCUT2D eigenvalue weighted by atomic mass is 16.3. The van der Waals surface area contributed by atoms with Crippen molar-refractivity contribution in [3.63, 3.8) is 0 Å². The lowest BCUT2D eigenvalue weighted by molar-refractivity contribution is -0.112. The van der Waals surface area contributed by atoms with Gasteiger partial charge < -0.3 is 15.3 Å². The predicted octanol–water partition coefficient (Wildman–Crippen LogP) is 3.19. The molecule has 1 fully saturated rings. The van der Waals surface area contributed by atoms with Crippen LogP contribution in [-0.2, 0) is 4.79 Å². The molecule has 22 heavy (non-hydrogen) atoms. The molecule has 2 rings (SSSR count). The third-order valence-corrected chi connectivity index (χ3v) is 4.23. The summed E-state index contributed by atoms with van der Waals surface area (Å²) in [5.74, 6) is 0.368. The van der Waals surface area contributed by atoms with Gasteiger partial charge in [-0.15, -0.1) is 0 Å². The molecule has 0 atom stereocenters. The lowest BCUT2D eigenvalue weighted by Gasteiger charge is -2.34. The molecule has 0 aliphatic carbocycles. The second kappa shape index (κ2) is 7.99. The number of nitrogens with zero attached hydrogens (tertiary/aromatic N) is 1. The van der Waals surface area contributed by atoms with E-state index in [2.05, 4.69) is 10.2 Å². The zero-order chi connectivity index (χ0) is 15.9. The molecule has 1 aliphatic rings. The van der Waals surface area contributed by atoms with E-state index in [9.17, 15) is 9.90 Å². The van der Waals surface area contributed by atoms with Crippen LogP contribution in [0.2, 0.25) is 0 Å². The average molecular weight is 302 g/mol. The first-order valence-electron chi connectivity index (χ1n) is 8.08. The number of hydrogen-bond donors (Lipinski definition) is 2. The maximum absolute atomic E-state index is 12.2. The van der Waals surface area contributed by atoms with Gasteiger partial charge in [-0.25, -0.2) is 0 Å². The Morgan fingerprint density at radius 1 is 1.36 bits per heavy atom. The summed E-state index contributed by atoms with van der Waals surface area (Å²) in [5, 5.41) is 12.3. The molecule has 1 saturated heterocycles. The minimum Gasteiger partial charge on any atom is -0.396 e. The molecule has 1 heterocycles. The first-order chi connectivity index (χ1) is 10.7. The molecule has 0 spiro atoms. The quantitative estimate of drug-likeness (QED) is 0.821. The van der Waals surface area contributed by atoms with Crippen molar-refractivity contribution in [2.75, 3.05) is 29.9 Å². The zero-order valence-corrected chi connectivity index (χ0v) is 13.5. The molecule has 1 aliphatic heterocycles. The van der Waals surface area contributed by atoms with Crippen LogP contribution >= 0.6 is 0 Å². The highest BCUT2D eigenvalue weighted by Crippen LogP contribution is 2.29. The van der Waals surface area contributed by atoms with Crippen molar-refractivity contribution in [3.8, 4) is 0 Å². The third-order valence-electron chi connectivity index (χ3n) is 4.23. The first kappa shape index (κ1) is 16.6. The van der Waals surface area contributed by atoms with Gasteiger partial charge in [0.05, 0.1) is 11.4 Å². The van der Waals surface area contributed by atoms with Crippen LogP contribution in [0.4, 0.5) is 11.4 Å². The monoisotopic (exact) mass is 302 g/mol. The Morgan fingerprint density at radius 2 is 2.05 bits per heavy atom. The second-order valence-corrected chi connectivity index (χ2v) is 5.88. The molecule has 1 aromatic rings. The van der Waals surface area contributed by atoms with Crippen molar-refractivity contribution < 1.29 is 9.90 Å². The van der Waals surface area contributed by atoms with Crippen molar-refractivity contribution in [1.82, 2.24) is 0 Å². The molecule has 0 aromatic heterocycles. The number of piperidine rings is 1. The van der Waals surface area contributed by atoms with Gasteiger partial charge in [-0.1, -0.05) is 25.1 Å². The fourth-order valence-corrected chi connectivity index (χ4v) is 2.83. The minimum absolute atomic E-state index is 0.0421. The van der Waals surface area contributed by atoms with E-state index in [-0.39, 0.29) is 12.5 Å². The molecule has 1 aromatic carbocycles. The predicted molar refractivity (Wildman–Crippen MR) is 91.1 cm³/mol. The van der Waals surface area contributed by atoms with E-state index in [0.717, 1.165) is 49.3 Å². The van der Waals surface area contributed by atoms with Crippen LogP contribution in [0.15, 0.2) is 35.9 Å². The number of carbonyl (C=O) groups excluding carboxylic acids is 1. The van der Waals surface area contributed by atoms with Crippen LogP contribution in [0.3, 0.4) is 0 Å². The number of para-hydroxylation sites is 2. The average Bonchev–Trinajstić information content (AvgIpc) is 2.55. The molecular weight excluding hydrogens is 276 g/mol. The SMILES string of the molecule is CC/C=C(/C)C(=O)Nc1ccccc1N1CCC(CO)CC1. The molecule has 1 amide bonds. The largest absolute Gasteiger partial charge is 0.396 e. The van der Waals surface area contributed by atoms with E-state index >= 15 is 0 Å². The molecule has 0 unspecified atom stereocenters. The van der Waals surface area contributed by atoms with Gasteiger partial charge in [0.2, 0.25) is 0 Å². The summed E-state index contributed by atoms with van der Waals surface area (Å²) in [6.07, 6.45) is 4.78. The second-order valence-electron chi connectivity index (χ2n) is 5.88. The van der Waals surface area contributed by atoms with Crippen LogP contribution < -0.4 is 10.2 Å². The van der Waals surface area contributed by atoms with Crippen LogP contribution in [-0.4, -0.2) is 30.7 Å². The number of aliphatic hydroxyl groups is 1. The molecule has 0 bridgehead atoms. The molecule has 0 radical (unpaired) electrons. The Kier molecular flexibility index (Phi) is 6.01. The lowest BCUT2D eigenvalue weighted by atomic mass is 9.97. The number of amides is 1. The van der Waals surface area contributed by atoms with Gasteiger partial charge in [0.25, 0.3) is 5.91 Å². The van der Waals surface area contributed by atoms with Gasteiger partial charge in [0.15, 0.2) is 0 Å². The van der Waals surface area contributed by atoms with Crippen molar-refractivity contribution in [1.29, 1.82) is 0 Å². The summed E-state index contributed by atoms with van der Waals surface area (Å²) >= 11 is 0. The Morgan fingerprint density at radius 3 is 2.68 bits per heavy atom. The topological polar surface area (TPSA) is 52.6 Å². The van der Waals surface area contributed by atoms with E-state index in [1.807, 2.05) is 44.2 Å². The van der Waals surface area contributed by atoms with Gasteiger partial charge in [0, 0.05) is 25.3 Å². The Bertz CT molecular complexity index is 532. The highest BCUT2D eigenvalue weighted by molar-refractivity contribution is 6.05. The molecule has 2 N–H and O–H groups in total. The number of allylic oxidation sites excluding steroid dienone is 1. The van der Waals surface area contributed by atoms with Gasteiger partial charge >= 0.3 is 0 Å². The fourth-order valence-electron chi connectivity index (χ4n) is 2.83. The maximum Gasteiger partial charge on any atom is 0.251 e. The van der Waals surface area contributed by atoms with Crippen molar-refractivity contribution in [2.24, 2.45) is 5.92 Å². The van der Waals surface area contributed by atoms with Gasteiger partial charge in [0.1, 0.15) is 0 Å². The van der Waals surface area contributed by atoms with Gasteiger partial charge in [-0.2, -0.15) is 0 Å². The molecule has 0 saturated carbocycles. The van der Waals surface area contributed by atoms with Crippen LogP contribution in [0, 0.1) is 5.92 Å². The number of nitrogens with one attached hydrogen (secondary N) is 1. The van der Waals surface area contributed by atoms with Crippen LogP contribution in [0.5, 0.6) is 0 Å². The molecule has 4 nitrogen and oxygen atoms in total. The molecular formula is C18H26N2O2. The molecule has 4 heteroatoms. The number of rotatable bonds is 5. The van der Waals surface area contributed by atoms with E-state index < -0.39 is 0 Å². The van der Waals surface area contributed by atoms with E-state index in [4.69, 9.17) is 0 Å².